The zero-order valence-corrected chi connectivity index (χ0v) is 19.9. The second kappa shape index (κ2) is 9.93. The molecule has 1 amide bonds. The van der Waals surface area contributed by atoms with Gasteiger partial charge in [-0.2, -0.15) is 10.5 Å². The van der Waals surface area contributed by atoms with E-state index < -0.39 is 21.2 Å². The Kier molecular flexibility index (Phi) is 7.23. The zero-order chi connectivity index (χ0) is 25.0. The van der Waals surface area contributed by atoms with Crippen molar-refractivity contribution in [3.05, 3.63) is 65.2 Å². The molecular formula is C23H20N6O3S2. The number of nitrogens with zero attached hydrogens (tertiary/aromatic N) is 3. The van der Waals surface area contributed by atoms with E-state index in [2.05, 4.69) is 16.4 Å². The molecule has 2 aromatic carbocycles. The minimum Gasteiger partial charge on any atom is -0.383 e. The molecule has 0 aliphatic heterocycles. The molecule has 34 heavy (non-hydrogen) atoms. The number of aromatic nitrogens is 1. The minimum absolute atomic E-state index is 0.0363. The fourth-order valence-electron chi connectivity index (χ4n) is 3.09. The highest BCUT2D eigenvalue weighted by Gasteiger charge is 2.24. The van der Waals surface area contributed by atoms with Gasteiger partial charge in [-0.05, 0) is 43.7 Å². The Morgan fingerprint density at radius 1 is 1.06 bits per heavy atom. The summed E-state index contributed by atoms with van der Waals surface area (Å²) in [4.78, 5) is 16.9. The average molecular weight is 493 g/mol. The van der Waals surface area contributed by atoms with Gasteiger partial charge in [0.15, 0.2) is 0 Å². The number of amides is 1. The summed E-state index contributed by atoms with van der Waals surface area (Å²) < 4.78 is 22.8. The van der Waals surface area contributed by atoms with E-state index in [0.717, 1.165) is 17.3 Å². The molecule has 3 rings (SSSR count). The Morgan fingerprint density at radius 2 is 1.65 bits per heavy atom. The van der Waals surface area contributed by atoms with Crippen LogP contribution in [0.2, 0.25) is 0 Å². The number of hydrogen-bond donors (Lipinski definition) is 3. The van der Waals surface area contributed by atoms with Crippen LogP contribution in [0.4, 0.5) is 11.5 Å². The maximum Gasteiger partial charge on any atom is 0.238 e. The van der Waals surface area contributed by atoms with Crippen LogP contribution in [0.3, 0.4) is 0 Å². The first-order chi connectivity index (χ1) is 16.0. The van der Waals surface area contributed by atoms with E-state index in [0.29, 0.717) is 16.8 Å². The number of nitrogens with one attached hydrogen (secondary N) is 1. The maximum atomic E-state index is 12.7. The van der Waals surface area contributed by atoms with Crippen molar-refractivity contribution in [2.45, 2.75) is 29.0 Å². The summed E-state index contributed by atoms with van der Waals surface area (Å²) in [5.74, 6) is -0.440. The van der Waals surface area contributed by atoms with Gasteiger partial charge >= 0.3 is 0 Å². The second-order valence-electron chi connectivity index (χ2n) is 7.34. The highest BCUT2D eigenvalue weighted by Crippen LogP contribution is 2.37. The number of thioether (sulfide) groups is 1. The predicted molar refractivity (Wildman–Crippen MR) is 130 cm³/mol. The summed E-state index contributed by atoms with van der Waals surface area (Å²) >= 11 is 1.02. The van der Waals surface area contributed by atoms with Crippen molar-refractivity contribution in [1.29, 1.82) is 10.5 Å². The van der Waals surface area contributed by atoms with Gasteiger partial charge in [0, 0.05) is 11.3 Å². The molecule has 1 aromatic heterocycles. The topological polar surface area (TPSA) is 176 Å². The molecule has 0 aliphatic carbocycles. The number of pyridine rings is 1. The summed E-state index contributed by atoms with van der Waals surface area (Å²) in [5.41, 5.74) is 8.67. The minimum atomic E-state index is -3.84. The van der Waals surface area contributed by atoms with Crippen molar-refractivity contribution < 1.29 is 13.2 Å². The molecule has 0 radical (unpaired) electrons. The molecule has 1 heterocycles. The number of nitriles is 2. The fourth-order valence-corrected chi connectivity index (χ4v) is 4.52. The monoisotopic (exact) mass is 492 g/mol. The third-order valence-electron chi connectivity index (χ3n) is 4.86. The number of hydrogen-bond acceptors (Lipinski definition) is 8. The number of sulfonamides is 1. The van der Waals surface area contributed by atoms with Gasteiger partial charge in [-0.1, -0.05) is 41.6 Å². The number of benzene rings is 2. The molecule has 1 unspecified atom stereocenters. The van der Waals surface area contributed by atoms with Crippen LogP contribution in [0.15, 0.2) is 58.5 Å². The summed E-state index contributed by atoms with van der Waals surface area (Å²) in [6.45, 7) is 3.55. The van der Waals surface area contributed by atoms with Crippen LogP contribution in [0.5, 0.6) is 0 Å². The third-order valence-corrected chi connectivity index (χ3v) is 6.88. The Hall–Kier alpha value is -3.90. The first-order valence-electron chi connectivity index (χ1n) is 9.86. The molecule has 5 N–H and O–H groups in total. The van der Waals surface area contributed by atoms with Crippen molar-refractivity contribution in [2.24, 2.45) is 5.14 Å². The van der Waals surface area contributed by atoms with Gasteiger partial charge in [0.05, 0.1) is 15.7 Å². The molecular weight excluding hydrogens is 472 g/mol. The van der Waals surface area contributed by atoms with Crippen LogP contribution < -0.4 is 16.2 Å². The van der Waals surface area contributed by atoms with Crippen molar-refractivity contribution in [1.82, 2.24) is 4.98 Å². The van der Waals surface area contributed by atoms with Gasteiger partial charge in [0.1, 0.15) is 28.5 Å². The second-order valence-corrected chi connectivity index (χ2v) is 10.2. The van der Waals surface area contributed by atoms with Crippen LogP contribution in [-0.4, -0.2) is 24.6 Å². The van der Waals surface area contributed by atoms with Crippen LogP contribution in [-0.2, 0) is 14.8 Å². The quantitative estimate of drug-likeness (QED) is 0.439. The van der Waals surface area contributed by atoms with Crippen LogP contribution in [0.25, 0.3) is 11.1 Å². The first-order valence-corrected chi connectivity index (χ1v) is 12.3. The largest absolute Gasteiger partial charge is 0.383 e. The molecule has 9 nitrogen and oxygen atoms in total. The lowest BCUT2D eigenvalue weighted by molar-refractivity contribution is -0.115. The van der Waals surface area contributed by atoms with Gasteiger partial charge < -0.3 is 11.1 Å². The molecule has 11 heteroatoms. The number of aryl methyl sites for hydroxylation is 1. The Bertz CT molecular complexity index is 1440. The summed E-state index contributed by atoms with van der Waals surface area (Å²) in [6.07, 6.45) is 0. The fraction of sp³-hybridized carbons (Fsp3) is 0.130. The molecule has 0 saturated heterocycles. The van der Waals surface area contributed by atoms with Crippen LogP contribution >= 0.6 is 11.8 Å². The summed E-state index contributed by atoms with van der Waals surface area (Å²) in [5, 5.41) is 26.8. The van der Waals surface area contributed by atoms with E-state index in [4.69, 9.17) is 10.9 Å². The SMILES string of the molecule is Cc1ccc(-c2c(C#N)c(N)nc(SC(C)C(=O)Nc3ccc(S(N)(=O)=O)cc3)c2C#N)cc1. The Labute approximate surface area is 201 Å². The van der Waals surface area contributed by atoms with Crippen LogP contribution in [0, 0.1) is 29.6 Å². The average Bonchev–Trinajstić information content (AvgIpc) is 2.79. The first kappa shape index (κ1) is 24.7. The molecule has 0 spiro atoms. The molecule has 0 saturated carbocycles. The molecule has 0 aliphatic rings. The lowest BCUT2D eigenvalue weighted by Crippen LogP contribution is -2.23. The summed E-state index contributed by atoms with van der Waals surface area (Å²) in [6, 6.07) is 16.8. The van der Waals surface area contributed by atoms with Gasteiger partial charge in [-0.15, -0.1) is 0 Å². The normalized spacial score (nSPS) is 11.8. The number of anilines is 2. The number of nitrogen functional groups attached to an aromatic ring is 1. The number of primary sulfonamides is 1. The third kappa shape index (κ3) is 5.35. The number of nitrogens with two attached hydrogens (primary N) is 2. The molecule has 0 fully saturated rings. The Balaban J connectivity index is 1.91. The zero-order valence-electron chi connectivity index (χ0n) is 18.2. The molecule has 3 aromatic rings. The van der Waals surface area contributed by atoms with E-state index in [9.17, 15) is 23.7 Å². The van der Waals surface area contributed by atoms with Crippen molar-refractivity contribution in [3.8, 4) is 23.3 Å². The smallest absolute Gasteiger partial charge is 0.238 e. The molecule has 1 atom stereocenters. The van der Waals surface area contributed by atoms with Crippen molar-refractivity contribution in [3.63, 3.8) is 0 Å². The number of rotatable bonds is 6. The highest BCUT2D eigenvalue weighted by atomic mass is 32.2. The van der Waals surface area contributed by atoms with E-state index in [1.807, 2.05) is 25.1 Å². The van der Waals surface area contributed by atoms with Gasteiger partial charge in [0.25, 0.3) is 0 Å². The van der Waals surface area contributed by atoms with Crippen molar-refractivity contribution in [2.75, 3.05) is 11.1 Å². The van der Waals surface area contributed by atoms with E-state index >= 15 is 0 Å². The lowest BCUT2D eigenvalue weighted by atomic mass is 9.96. The maximum absolute atomic E-state index is 12.7. The van der Waals surface area contributed by atoms with Gasteiger partial charge in [-0.25, -0.2) is 18.5 Å². The van der Waals surface area contributed by atoms with Crippen LogP contribution in [0.1, 0.15) is 23.6 Å². The Morgan fingerprint density at radius 3 is 2.18 bits per heavy atom. The number of carbonyl (C=O) groups is 1. The van der Waals surface area contributed by atoms with Gasteiger partial charge in [-0.3, -0.25) is 4.79 Å². The predicted octanol–water partition coefficient (Wildman–Crippen LogP) is 3.15. The van der Waals surface area contributed by atoms with E-state index in [-0.39, 0.29) is 26.9 Å². The van der Waals surface area contributed by atoms with E-state index in [1.165, 1.54) is 24.3 Å². The lowest BCUT2D eigenvalue weighted by Gasteiger charge is -2.16. The highest BCUT2D eigenvalue weighted by molar-refractivity contribution is 8.00. The molecule has 0 bridgehead atoms. The van der Waals surface area contributed by atoms with E-state index in [1.54, 1.807) is 19.1 Å². The van der Waals surface area contributed by atoms with Crippen molar-refractivity contribution >= 4 is 39.2 Å². The number of carbonyl (C=O) groups excluding carboxylic acids is 1. The standard InChI is InChI=1S/C23H20N6O3S2/c1-13-3-5-15(6-4-13)20-18(11-24)21(26)29-23(19(20)12-25)33-14(2)22(30)28-16-7-9-17(10-8-16)34(27,31)32/h3-10,14H,1-2H3,(H2,26,29)(H,28,30)(H2,27,31,32). The summed E-state index contributed by atoms with van der Waals surface area (Å²) in [7, 11) is -3.84. The van der Waals surface area contributed by atoms with Gasteiger partial charge in [0.2, 0.25) is 15.9 Å². The molecule has 172 valence electrons.